The largest absolute Gasteiger partial charge is 0.440 e. The van der Waals surface area contributed by atoms with E-state index < -0.39 is 0 Å². The van der Waals surface area contributed by atoms with E-state index in [1.54, 1.807) is 6.08 Å². The van der Waals surface area contributed by atoms with E-state index in [1.807, 2.05) is 48.5 Å². The summed E-state index contributed by atoms with van der Waals surface area (Å²) in [6, 6.07) is 43.8. The molecule has 8 rings (SSSR count). The maximum absolute atomic E-state index is 9.39. The van der Waals surface area contributed by atoms with Crippen LogP contribution < -0.4 is 4.90 Å². The number of anilines is 3. The lowest BCUT2D eigenvalue weighted by molar-refractivity contribution is 0.621. The third-order valence-corrected chi connectivity index (χ3v) is 8.09. The van der Waals surface area contributed by atoms with Crippen LogP contribution in [-0.4, -0.2) is 0 Å². The van der Waals surface area contributed by atoms with Crippen molar-refractivity contribution in [3.05, 3.63) is 144 Å². The summed E-state index contributed by atoms with van der Waals surface area (Å²) < 4.78 is 6.43. The molecule has 0 aliphatic heterocycles. The topological polar surface area (TPSA) is 44.5 Å². The molecule has 0 amide bonds. The van der Waals surface area contributed by atoms with Crippen LogP contribution in [0, 0.1) is 17.9 Å². The molecule has 1 heterocycles. The van der Waals surface area contributed by atoms with Crippen molar-refractivity contribution in [1.29, 1.82) is 5.26 Å². The van der Waals surface area contributed by atoms with E-state index in [0.29, 0.717) is 0 Å². The summed E-state index contributed by atoms with van der Waals surface area (Å²) in [6.07, 6.45) is 1.68. The van der Waals surface area contributed by atoms with Crippen molar-refractivity contribution in [3.8, 4) is 6.07 Å². The number of hydrogen-bond acceptors (Lipinski definition) is 3. The van der Waals surface area contributed by atoms with Crippen molar-refractivity contribution in [2.75, 3.05) is 4.90 Å². The first-order valence-corrected chi connectivity index (χ1v) is 13.7. The molecule has 0 spiro atoms. The van der Waals surface area contributed by atoms with Crippen LogP contribution in [0.1, 0.15) is 5.56 Å². The minimum atomic E-state index is 0.0743. The van der Waals surface area contributed by atoms with Crippen molar-refractivity contribution in [2.24, 2.45) is 0 Å². The lowest BCUT2D eigenvalue weighted by Crippen LogP contribution is -2.09. The molecule has 0 N–H and O–H groups in total. The number of fused-ring (bicyclic) bond motifs is 3. The first-order valence-electron chi connectivity index (χ1n) is 13.7. The van der Waals surface area contributed by atoms with Crippen molar-refractivity contribution in [2.45, 2.75) is 0 Å². The van der Waals surface area contributed by atoms with E-state index in [4.69, 9.17) is 11.0 Å². The number of rotatable bonds is 4. The van der Waals surface area contributed by atoms with E-state index in [1.165, 1.54) is 5.39 Å². The monoisotopic (exact) mass is 535 g/mol. The molecular formula is C38H21N3O. The zero-order valence-electron chi connectivity index (χ0n) is 22.4. The molecule has 0 aliphatic rings. The Labute approximate surface area is 241 Å². The van der Waals surface area contributed by atoms with Gasteiger partial charge in [-0.3, -0.25) is 4.90 Å². The Morgan fingerprint density at radius 3 is 2.07 bits per heavy atom. The van der Waals surface area contributed by atoms with Gasteiger partial charge in [0, 0.05) is 22.5 Å². The molecule has 4 heteroatoms. The molecule has 0 saturated carbocycles. The fourth-order valence-electron chi connectivity index (χ4n) is 6.32. The van der Waals surface area contributed by atoms with Gasteiger partial charge >= 0.3 is 0 Å². The Morgan fingerprint density at radius 1 is 0.690 bits per heavy atom. The van der Waals surface area contributed by atoms with Crippen LogP contribution in [-0.2, 0) is 0 Å². The standard InChI is InChI=1S/C38H21N3O/c1-40-26(23-39)21-24-17-18-31-32-19-20-34(33-15-8-14-30(38(32)33)29-13-7-12-28(24)37(29)31)41(27-10-3-2-4-11-27)36-22-25-9-5-6-16-35(25)42-36/h2-22H/b26-21-. The number of nitriles is 1. The predicted octanol–water partition coefficient (Wildman–Crippen LogP) is 10.7. The Morgan fingerprint density at radius 2 is 1.33 bits per heavy atom. The van der Waals surface area contributed by atoms with Crippen LogP contribution in [0.2, 0.25) is 0 Å². The van der Waals surface area contributed by atoms with Gasteiger partial charge in [0.15, 0.2) is 0 Å². The van der Waals surface area contributed by atoms with E-state index >= 15 is 0 Å². The second-order valence-electron chi connectivity index (χ2n) is 10.3. The number of benzene rings is 7. The van der Waals surface area contributed by atoms with Crippen LogP contribution in [0.15, 0.2) is 131 Å². The molecule has 0 aliphatic carbocycles. The fourth-order valence-corrected chi connectivity index (χ4v) is 6.32. The summed E-state index contributed by atoms with van der Waals surface area (Å²) >= 11 is 0. The maximum atomic E-state index is 9.39. The van der Waals surface area contributed by atoms with Gasteiger partial charge in [-0.1, -0.05) is 91.0 Å². The maximum Gasteiger partial charge on any atom is 0.262 e. The molecule has 42 heavy (non-hydrogen) atoms. The van der Waals surface area contributed by atoms with Gasteiger partial charge in [0.1, 0.15) is 5.58 Å². The van der Waals surface area contributed by atoms with Crippen LogP contribution >= 0.6 is 0 Å². The van der Waals surface area contributed by atoms with Crippen molar-refractivity contribution in [3.63, 3.8) is 0 Å². The number of hydrogen-bond donors (Lipinski definition) is 0. The van der Waals surface area contributed by atoms with Gasteiger partial charge in [0.2, 0.25) is 5.88 Å². The number of furan rings is 1. The third-order valence-electron chi connectivity index (χ3n) is 8.09. The molecular weight excluding hydrogens is 514 g/mol. The highest BCUT2D eigenvalue weighted by molar-refractivity contribution is 6.34. The molecule has 7 aromatic carbocycles. The van der Waals surface area contributed by atoms with Crippen LogP contribution in [0.25, 0.3) is 65.0 Å². The lowest BCUT2D eigenvalue weighted by atomic mass is 9.87. The summed E-state index contributed by atoms with van der Waals surface area (Å²) in [4.78, 5) is 5.58. The lowest BCUT2D eigenvalue weighted by Gasteiger charge is -2.25. The fraction of sp³-hybridized carbons (Fsp3) is 0. The second-order valence-corrected chi connectivity index (χ2v) is 10.3. The first-order chi connectivity index (χ1) is 20.7. The summed E-state index contributed by atoms with van der Waals surface area (Å²) in [6.45, 7) is 7.36. The Kier molecular flexibility index (Phi) is 5.22. The molecule has 0 atom stereocenters. The molecule has 0 bridgehead atoms. The molecule has 4 nitrogen and oxygen atoms in total. The van der Waals surface area contributed by atoms with Gasteiger partial charge in [-0.05, 0) is 73.6 Å². The van der Waals surface area contributed by atoms with Crippen LogP contribution in [0.5, 0.6) is 0 Å². The molecule has 0 unspecified atom stereocenters. The zero-order valence-corrected chi connectivity index (χ0v) is 22.4. The first kappa shape index (κ1) is 23.8. The molecule has 0 saturated heterocycles. The highest BCUT2D eigenvalue weighted by Gasteiger charge is 2.22. The van der Waals surface area contributed by atoms with Crippen molar-refractivity contribution < 1.29 is 4.42 Å². The number of nitrogens with zero attached hydrogens (tertiary/aromatic N) is 3. The van der Waals surface area contributed by atoms with Crippen molar-refractivity contribution >= 4 is 77.4 Å². The van der Waals surface area contributed by atoms with Gasteiger partial charge in [-0.2, -0.15) is 0 Å². The van der Waals surface area contributed by atoms with Gasteiger partial charge in [-0.25, -0.2) is 10.1 Å². The minimum Gasteiger partial charge on any atom is -0.440 e. The number of para-hydroxylation sites is 2. The van der Waals surface area contributed by atoms with Gasteiger partial charge in [0.05, 0.1) is 18.3 Å². The van der Waals surface area contributed by atoms with E-state index in [-0.39, 0.29) is 5.70 Å². The average Bonchev–Trinajstić information content (AvgIpc) is 3.47. The Bertz CT molecular complexity index is 2370. The quantitative estimate of drug-likeness (QED) is 0.0974. The Hall–Kier alpha value is -6.10. The molecule has 8 aromatic rings. The molecule has 0 fully saturated rings. The van der Waals surface area contributed by atoms with Gasteiger partial charge in [-0.15, -0.1) is 0 Å². The van der Waals surface area contributed by atoms with E-state index in [9.17, 15) is 5.26 Å². The SMILES string of the molecule is [C-]#[N+]/C(C#N)=C\c1ccc2c3ccc(N(c4ccccc4)c4cc5ccccc5o4)c4cccc(c5cccc1c52)c43. The highest BCUT2D eigenvalue weighted by Crippen LogP contribution is 2.47. The molecule has 194 valence electrons. The normalized spacial score (nSPS) is 11.9. The Balaban J connectivity index is 1.46. The van der Waals surface area contributed by atoms with Gasteiger partial charge in [0.25, 0.3) is 5.70 Å². The van der Waals surface area contributed by atoms with E-state index in [0.717, 1.165) is 71.5 Å². The van der Waals surface area contributed by atoms with Crippen LogP contribution in [0.4, 0.5) is 17.3 Å². The molecule has 0 radical (unpaired) electrons. The summed E-state index contributed by atoms with van der Waals surface area (Å²) in [5.74, 6) is 0.756. The second kappa shape index (κ2) is 9.24. The third kappa shape index (κ3) is 3.47. The molecule has 1 aromatic heterocycles. The minimum absolute atomic E-state index is 0.0743. The predicted molar refractivity (Wildman–Crippen MR) is 172 cm³/mol. The van der Waals surface area contributed by atoms with Gasteiger partial charge < -0.3 is 4.42 Å². The smallest absolute Gasteiger partial charge is 0.262 e. The highest BCUT2D eigenvalue weighted by atomic mass is 16.4. The van der Waals surface area contributed by atoms with Crippen LogP contribution in [0.3, 0.4) is 0 Å². The summed E-state index contributed by atoms with van der Waals surface area (Å²) in [5.41, 5.74) is 3.84. The summed E-state index contributed by atoms with van der Waals surface area (Å²) in [5, 5.41) is 19.5. The van der Waals surface area contributed by atoms with E-state index in [2.05, 4.69) is 88.6 Å². The zero-order chi connectivity index (χ0) is 28.2. The summed E-state index contributed by atoms with van der Waals surface area (Å²) in [7, 11) is 0. The van der Waals surface area contributed by atoms with Crippen molar-refractivity contribution in [1.82, 2.24) is 0 Å². The number of allylic oxidation sites excluding steroid dienone is 1. The average molecular weight is 536 g/mol.